The molecular weight excluding hydrogens is 245 g/mol. The fourth-order valence-electron chi connectivity index (χ4n) is 1.69. The number of para-hydroxylation sites is 1. The second-order valence-corrected chi connectivity index (χ2v) is 3.99. The van der Waals surface area contributed by atoms with Crippen molar-refractivity contribution in [2.45, 2.75) is 38.5 Å². The monoisotopic (exact) mass is 262 g/mol. The maximum atomic E-state index is 12.0. The Hall–Kier alpha value is -1.23. The van der Waals surface area contributed by atoms with Crippen LogP contribution in [0.4, 0.5) is 13.2 Å². The zero-order valence-electron chi connectivity index (χ0n) is 10.2. The van der Waals surface area contributed by atoms with Crippen LogP contribution in [-0.2, 0) is 0 Å². The van der Waals surface area contributed by atoms with Crippen LogP contribution in [-0.4, -0.2) is 17.9 Å². The summed E-state index contributed by atoms with van der Waals surface area (Å²) in [6, 6.07) is 6.86. The maximum absolute atomic E-state index is 12.0. The van der Waals surface area contributed by atoms with Crippen molar-refractivity contribution in [3.8, 4) is 5.75 Å². The van der Waals surface area contributed by atoms with E-state index in [1.165, 1.54) is 0 Å². The molecule has 0 aromatic heterocycles. The molecule has 0 saturated heterocycles. The highest BCUT2D eigenvalue weighted by atomic mass is 19.4. The predicted molar refractivity (Wildman–Crippen MR) is 62.5 cm³/mol. The predicted octanol–water partition coefficient (Wildman–Crippen LogP) is 3.85. The molecule has 0 radical (unpaired) electrons. The number of ether oxygens (including phenoxy) is 1. The molecule has 2 nitrogen and oxygen atoms in total. The van der Waals surface area contributed by atoms with Gasteiger partial charge in [0, 0.05) is 12.0 Å². The first-order valence-corrected chi connectivity index (χ1v) is 5.90. The van der Waals surface area contributed by atoms with E-state index in [4.69, 9.17) is 4.74 Å². The minimum atomic E-state index is -4.17. The molecule has 5 heteroatoms. The van der Waals surface area contributed by atoms with Crippen LogP contribution in [0.3, 0.4) is 0 Å². The van der Waals surface area contributed by atoms with Crippen molar-refractivity contribution in [3.63, 3.8) is 0 Å². The molecule has 0 heterocycles. The summed E-state index contributed by atoms with van der Waals surface area (Å²) in [5, 5.41) is 9.88. The summed E-state index contributed by atoms with van der Waals surface area (Å²) in [7, 11) is 0. The zero-order valence-corrected chi connectivity index (χ0v) is 10.2. The summed E-state index contributed by atoms with van der Waals surface area (Å²) < 4.78 is 41.3. The molecule has 0 fully saturated rings. The molecule has 1 atom stereocenters. The van der Waals surface area contributed by atoms with Gasteiger partial charge in [0.2, 0.25) is 0 Å². The Balaban J connectivity index is 2.58. The molecule has 1 aromatic rings. The lowest BCUT2D eigenvalue weighted by Crippen LogP contribution is -2.08. The molecular formula is C13H17F3O2. The van der Waals surface area contributed by atoms with Gasteiger partial charge in [-0.25, -0.2) is 0 Å². The Morgan fingerprint density at radius 3 is 2.56 bits per heavy atom. The highest BCUT2D eigenvalue weighted by molar-refractivity contribution is 5.34. The van der Waals surface area contributed by atoms with E-state index in [0.717, 1.165) is 0 Å². The van der Waals surface area contributed by atoms with Crippen LogP contribution in [0, 0.1) is 0 Å². The average Bonchev–Trinajstić information content (AvgIpc) is 2.28. The Morgan fingerprint density at radius 2 is 1.94 bits per heavy atom. The largest absolute Gasteiger partial charge is 0.493 e. The smallest absolute Gasteiger partial charge is 0.389 e. The van der Waals surface area contributed by atoms with Crippen molar-refractivity contribution in [2.24, 2.45) is 0 Å². The van der Waals surface area contributed by atoms with Gasteiger partial charge in [0.15, 0.2) is 0 Å². The van der Waals surface area contributed by atoms with Crippen LogP contribution in [0.2, 0.25) is 0 Å². The first-order chi connectivity index (χ1) is 8.44. The summed E-state index contributed by atoms with van der Waals surface area (Å²) in [5.41, 5.74) is 0.543. The van der Waals surface area contributed by atoms with Crippen LogP contribution >= 0.6 is 0 Å². The van der Waals surface area contributed by atoms with Crippen molar-refractivity contribution >= 4 is 0 Å². The number of hydrogen-bond donors (Lipinski definition) is 1. The third-order valence-electron chi connectivity index (χ3n) is 2.52. The maximum Gasteiger partial charge on any atom is 0.389 e. The van der Waals surface area contributed by atoms with Gasteiger partial charge < -0.3 is 9.84 Å². The van der Waals surface area contributed by atoms with E-state index in [-0.39, 0.29) is 12.8 Å². The third kappa shape index (κ3) is 4.96. The lowest BCUT2D eigenvalue weighted by atomic mass is 10.0. The Kier molecular flexibility index (Phi) is 5.47. The van der Waals surface area contributed by atoms with Gasteiger partial charge in [-0.3, -0.25) is 0 Å². The Bertz CT molecular complexity index is 363. The second kappa shape index (κ2) is 6.64. The number of hydrogen-bond acceptors (Lipinski definition) is 2. The minimum Gasteiger partial charge on any atom is -0.493 e. The van der Waals surface area contributed by atoms with E-state index in [9.17, 15) is 18.3 Å². The molecule has 1 aromatic carbocycles. The van der Waals surface area contributed by atoms with Gasteiger partial charge in [-0.1, -0.05) is 18.2 Å². The number of halogens is 3. The van der Waals surface area contributed by atoms with Crippen LogP contribution in [0.5, 0.6) is 5.75 Å². The Labute approximate surface area is 104 Å². The molecule has 1 rings (SSSR count). The molecule has 0 amide bonds. The zero-order chi connectivity index (χ0) is 13.6. The molecule has 0 spiro atoms. The summed E-state index contributed by atoms with van der Waals surface area (Å²) >= 11 is 0. The standard InChI is InChI=1S/C13H17F3O2/c1-2-18-12-8-4-3-6-10(12)11(17)7-5-9-13(14,15)16/h3-4,6,8,11,17H,2,5,7,9H2,1H3. The number of aliphatic hydroxyl groups excluding tert-OH is 1. The number of alkyl halides is 3. The van der Waals surface area contributed by atoms with E-state index >= 15 is 0 Å². The van der Waals surface area contributed by atoms with E-state index in [2.05, 4.69) is 0 Å². The van der Waals surface area contributed by atoms with E-state index < -0.39 is 18.7 Å². The molecule has 0 saturated carbocycles. The molecule has 102 valence electrons. The van der Waals surface area contributed by atoms with Crippen LogP contribution in [0.1, 0.15) is 37.9 Å². The van der Waals surface area contributed by atoms with Crippen molar-refractivity contribution in [2.75, 3.05) is 6.61 Å². The fourth-order valence-corrected chi connectivity index (χ4v) is 1.69. The lowest BCUT2D eigenvalue weighted by Gasteiger charge is -2.15. The molecule has 0 aliphatic heterocycles. The topological polar surface area (TPSA) is 29.5 Å². The number of benzene rings is 1. The van der Waals surface area contributed by atoms with Crippen LogP contribution < -0.4 is 4.74 Å². The van der Waals surface area contributed by atoms with Crippen LogP contribution in [0.15, 0.2) is 24.3 Å². The highest BCUT2D eigenvalue weighted by Gasteiger charge is 2.27. The Morgan fingerprint density at radius 1 is 1.28 bits per heavy atom. The van der Waals surface area contributed by atoms with Crippen molar-refractivity contribution in [3.05, 3.63) is 29.8 Å². The molecule has 0 aliphatic rings. The van der Waals surface area contributed by atoms with Crippen molar-refractivity contribution < 1.29 is 23.0 Å². The first-order valence-electron chi connectivity index (χ1n) is 5.90. The van der Waals surface area contributed by atoms with Crippen LogP contribution in [0.25, 0.3) is 0 Å². The number of aliphatic hydroxyl groups is 1. The van der Waals surface area contributed by atoms with Gasteiger partial charge in [0.25, 0.3) is 0 Å². The van der Waals surface area contributed by atoms with Gasteiger partial charge in [-0.05, 0) is 25.8 Å². The van der Waals surface area contributed by atoms with Gasteiger partial charge in [-0.15, -0.1) is 0 Å². The third-order valence-corrected chi connectivity index (χ3v) is 2.52. The molecule has 1 N–H and O–H groups in total. The lowest BCUT2D eigenvalue weighted by molar-refractivity contribution is -0.136. The SMILES string of the molecule is CCOc1ccccc1C(O)CCCC(F)(F)F. The van der Waals surface area contributed by atoms with Crippen molar-refractivity contribution in [1.29, 1.82) is 0 Å². The second-order valence-electron chi connectivity index (χ2n) is 3.99. The van der Waals surface area contributed by atoms with E-state index in [0.29, 0.717) is 17.9 Å². The van der Waals surface area contributed by atoms with Gasteiger partial charge in [0.05, 0.1) is 12.7 Å². The fraction of sp³-hybridized carbons (Fsp3) is 0.538. The summed E-state index contributed by atoms with van der Waals surface area (Å²) in [6.45, 7) is 2.26. The number of rotatable bonds is 6. The van der Waals surface area contributed by atoms with Gasteiger partial charge >= 0.3 is 6.18 Å². The first kappa shape index (κ1) is 14.8. The van der Waals surface area contributed by atoms with E-state index in [1.54, 1.807) is 24.3 Å². The molecule has 1 unspecified atom stereocenters. The van der Waals surface area contributed by atoms with Crippen molar-refractivity contribution in [1.82, 2.24) is 0 Å². The molecule has 18 heavy (non-hydrogen) atoms. The molecule has 0 aliphatic carbocycles. The van der Waals surface area contributed by atoms with E-state index in [1.807, 2.05) is 6.92 Å². The quantitative estimate of drug-likeness (QED) is 0.843. The summed E-state index contributed by atoms with van der Waals surface area (Å²) in [5.74, 6) is 0.527. The minimum absolute atomic E-state index is 0.0730. The van der Waals surface area contributed by atoms with Gasteiger partial charge in [0.1, 0.15) is 5.75 Å². The summed E-state index contributed by atoms with van der Waals surface area (Å²) in [4.78, 5) is 0. The normalized spacial score (nSPS) is 13.4. The highest BCUT2D eigenvalue weighted by Crippen LogP contribution is 2.30. The average molecular weight is 262 g/mol. The molecule has 0 bridgehead atoms. The summed E-state index contributed by atoms with van der Waals surface area (Å²) in [6.07, 6.45) is -5.98. The van der Waals surface area contributed by atoms with Gasteiger partial charge in [-0.2, -0.15) is 13.2 Å².